The molecule has 1 unspecified atom stereocenters. The summed E-state index contributed by atoms with van der Waals surface area (Å²) in [6, 6.07) is -1.39. The van der Waals surface area contributed by atoms with Crippen LogP contribution in [0.2, 0.25) is 0 Å². The summed E-state index contributed by atoms with van der Waals surface area (Å²) >= 11 is 0. The highest BCUT2D eigenvalue weighted by Gasteiger charge is 2.35. The normalized spacial score (nSPS) is 15.4. The Labute approximate surface area is 130 Å². The molecule has 8 heteroatoms. The largest absolute Gasteiger partial charge is 0.464 e. The lowest BCUT2D eigenvalue weighted by Crippen LogP contribution is -2.54. The maximum absolute atomic E-state index is 12.1. The van der Waals surface area contributed by atoms with Crippen LogP contribution in [0.1, 0.15) is 20.8 Å². The Hall–Kier alpha value is -1.34. The molecule has 1 atom stereocenters. The van der Waals surface area contributed by atoms with E-state index in [0.29, 0.717) is 0 Å². The molecule has 21 heavy (non-hydrogen) atoms. The van der Waals surface area contributed by atoms with Gasteiger partial charge < -0.3 is 20.1 Å². The van der Waals surface area contributed by atoms with Crippen molar-refractivity contribution in [2.24, 2.45) is 11.8 Å². The van der Waals surface area contributed by atoms with Crippen LogP contribution in [-0.4, -0.2) is 50.2 Å². The second-order valence-corrected chi connectivity index (χ2v) is 4.65. The molecular weight excluding hydrogens is 300 g/mol. The first-order chi connectivity index (χ1) is 9.51. The Morgan fingerprint density at radius 2 is 1.62 bits per heavy atom. The van der Waals surface area contributed by atoms with E-state index in [1.165, 1.54) is 0 Å². The minimum atomic E-state index is -1.39. The zero-order chi connectivity index (χ0) is 15.1. The second kappa shape index (κ2) is 9.57. The number of carbonyl (C=O) groups excluding carboxylic acids is 3. The Morgan fingerprint density at radius 3 is 1.95 bits per heavy atom. The van der Waals surface area contributed by atoms with E-state index in [1.54, 1.807) is 20.8 Å². The molecule has 0 aromatic carbocycles. The van der Waals surface area contributed by atoms with E-state index in [4.69, 9.17) is 9.47 Å². The smallest absolute Gasteiger partial charge is 0.340 e. The maximum Gasteiger partial charge on any atom is 0.340 e. The molecule has 0 aliphatic carbocycles. The molecule has 0 radical (unpaired) electrons. The van der Waals surface area contributed by atoms with E-state index in [-0.39, 0.29) is 43.4 Å². The van der Waals surface area contributed by atoms with Gasteiger partial charge in [0.1, 0.15) is 0 Å². The number of ether oxygens (including phenoxy) is 2. The fourth-order valence-electron chi connectivity index (χ4n) is 1.82. The number of carbonyl (C=O) groups is 3. The van der Waals surface area contributed by atoms with Gasteiger partial charge in [-0.15, -0.1) is 12.4 Å². The van der Waals surface area contributed by atoms with Gasteiger partial charge in [-0.3, -0.25) is 4.79 Å². The van der Waals surface area contributed by atoms with E-state index in [0.717, 1.165) is 13.1 Å². The molecule has 1 amide bonds. The SMILES string of the molecule is CCOC(=O)C(NC(=O)C(C)C1CNC1)C(=O)OCC.Cl. The Morgan fingerprint density at radius 1 is 1.14 bits per heavy atom. The van der Waals surface area contributed by atoms with Crippen LogP contribution in [-0.2, 0) is 23.9 Å². The van der Waals surface area contributed by atoms with E-state index in [9.17, 15) is 14.4 Å². The monoisotopic (exact) mass is 322 g/mol. The summed E-state index contributed by atoms with van der Waals surface area (Å²) in [5.41, 5.74) is 0. The van der Waals surface area contributed by atoms with Crippen LogP contribution < -0.4 is 10.6 Å². The van der Waals surface area contributed by atoms with Gasteiger partial charge in [0.05, 0.1) is 13.2 Å². The fraction of sp³-hybridized carbons (Fsp3) is 0.769. The minimum Gasteiger partial charge on any atom is -0.464 e. The van der Waals surface area contributed by atoms with Gasteiger partial charge in [0.15, 0.2) is 0 Å². The molecule has 0 saturated carbocycles. The number of amides is 1. The van der Waals surface area contributed by atoms with Crippen molar-refractivity contribution in [3.05, 3.63) is 0 Å². The first-order valence-electron chi connectivity index (χ1n) is 6.85. The lowest BCUT2D eigenvalue weighted by atomic mass is 9.88. The predicted molar refractivity (Wildman–Crippen MR) is 78.0 cm³/mol. The van der Waals surface area contributed by atoms with Crippen molar-refractivity contribution < 1.29 is 23.9 Å². The number of halogens is 1. The van der Waals surface area contributed by atoms with Crippen LogP contribution in [0.25, 0.3) is 0 Å². The highest BCUT2D eigenvalue weighted by molar-refractivity contribution is 6.02. The van der Waals surface area contributed by atoms with Crippen LogP contribution in [0.4, 0.5) is 0 Å². The molecule has 0 aromatic rings. The van der Waals surface area contributed by atoms with Gasteiger partial charge in [0, 0.05) is 5.92 Å². The summed E-state index contributed by atoms with van der Waals surface area (Å²) in [4.78, 5) is 35.5. The molecule has 2 N–H and O–H groups in total. The number of esters is 2. The molecule has 0 bridgehead atoms. The molecule has 0 spiro atoms. The lowest BCUT2D eigenvalue weighted by Gasteiger charge is -2.32. The van der Waals surface area contributed by atoms with E-state index < -0.39 is 18.0 Å². The van der Waals surface area contributed by atoms with Gasteiger partial charge in [0.25, 0.3) is 0 Å². The lowest BCUT2D eigenvalue weighted by molar-refractivity contribution is -0.160. The van der Waals surface area contributed by atoms with Crippen LogP contribution in [0.5, 0.6) is 0 Å². The Kier molecular flexibility index (Phi) is 8.96. The van der Waals surface area contributed by atoms with Gasteiger partial charge >= 0.3 is 11.9 Å². The molecule has 7 nitrogen and oxygen atoms in total. The molecule has 1 aliphatic rings. The van der Waals surface area contributed by atoms with Crippen molar-refractivity contribution in [1.82, 2.24) is 10.6 Å². The zero-order valence-corrected chi connectivity index (χ0v) is 13.3. The maximum atomic E-state index is 12.1. The van der Waals surface area contributed by atoms with Crippen molar-refractivity contribution in [3.8, 4) is 0 Å². The third-order valence-electron chi connectivity index (χ3n) is 3.26. The van der Waals surface area contributed by atoms with Gasteiger partial charge in [-0.05, 0) is 32.9 Å². The fourth-order valence-corrected chi connectivity index (χ4v) is 1.82. The highest BCUT2D eigenvalue weighted by atomic mass is 35.5. The topological polar surface area (TPSA) is 93.7 Å². The number of rotatable bonds is 7. The average Bonchev–Trinajstić information content (AvgIpc) is 2.33. The molecule has 0 aromatic heterocycles. The highest BCUT2D eigenvalue weighted by Crippen LogP contribution is 2.16. The van der Waals surface area contributed by atoms with Gasteiger partial charge in [-0.2, -0.15) is 0 Å². The summed E-state index contributed by atoms with van der Waals surface area (Å²) in [6.07, 6.45) is 0. The van der Waals surface area contributed by atoms with Crippen molar-refractivity contribution in [2.75, 3.05) is 26.3 Å². The summed E-state index contributed by atoms with van der Waals surface area (Å²) in [5, 5.41) is 5.49. The molecule has 122 valence electrons. The second-order valence-electron chi connectivity index (χ2n) is 4.65. The van der Waals surface area contributed by atoms with Gasteiger partial charge in [-0.1, -0.05) is 6.92 Å². The molecule has 1 heterocycles. The van der Waals surface area contributed by atoms with Gasteiger partial charge in [-0.25, -0.2) is 9.59 Å². The Bertz CT molecular complexity index is 356. The molecule has 1 fully saturated rings. The quantitative estimate of drug-likeness (QED) is 0.501. The van der Waals surface area contributed by atoms with E-state index >= 15 is 0 Å². The minimum absolute atomic E-state index is 0. The number of hydrogen-bond acceptors (Lipinski definition) is 6. The van der Waals surface area contributed by atoms with Gasteiger partial charge in [0.2, 0.25) is 11.9 Å². The summed E-state index contributed by atoms with van der Waals surface area (Å²) in [6.45, 7) is 6.82. The van der Waals surface area contributed by atoms with E-state index in [2.05, 4.69) is 10.6 Å². The summed E-state index contributed by atoms with van der Waals surface area (Å²) in [5.74, 6) is -1.98. The molecule has 1 rings (SSSR count). The van der Waals surface area contributed by atoms with Crippen LogP contribution in [0.15, 0.2) is 0 Å². The van der Waals surface area contributed by atoms with Crippen molar-refractivity contribution in [1.29, 1.82) is 0 Å². The van der Waals surface area contributed by atoms with Crippen molar-refractivity contribution in [3.63, 3.8) is 0 Å². The van der Waals surface area contributed by atoms with Crippen molar-refractivity contribution in [2.45, 2.75) is 26.8 Å². The van der Waals surface area contributed by atoms with Crippen molar-refractivity contribution >= 4 is 30.3 Å². The average molecular weight is 323 g/mol. The first kappa shape index (κ1) is 19.7. The zero-order valence-electron chi connectivity index (χ0n) is 12.5. The molecule has 1 aliphatic heterocycles. The summed E-state index contributed by atoms with van der Waals surface area (Å²) < 4.78 is 9.57. The van der Waals surface area contributed by atoms with E-state index in [1.807, 2.05) is 0 Å². The predicted octanol–water partition coefficient (Wildman–Crippen LogP) is -0.125. The standard InChI is InChI=1S/C13H22N2O5.ClH/c1-4-19-12(17)10(13(18)20-5-2)15-11(16)8(3)9-6-14-7-9;/h8-10,14H,4-7H2,1-3H3,(H,15,16);1H. The third kappa shape index (κ3) is 5.51. The van der Waals surface area contributed by atoms with Crippen LogP contribution >= 0.6 is 12.4 Å². The third-order valence-corrected chi connectivity index (χ3v) is 3.26. The van der Waals surface area contributed by atoms with Crippen LogP contribution in [0, 0.1) is 11.8 Å². The first-order valence-corrected chi connectivity index (χ1v) is 6.85. The number of hydrogen-bond donors (Lipinski definition) is 2. The molecular formula is C13H23ClN2O5. The van der Waals surface area contributed by atoms with Crippen LogP contribution in [0.3, 0.4) is 0 Å². The summed E-state index contributed by atoms with van der Waals surface area (Å²) in [7, 11) is 0. The number of nitrogens with one attached hydrogen (secondary N) is 2. The molecule has 1 saturated heterocycles. The Balaban J connectivity index is 0.00000400.